The van der Waals surface area contributed by atoms with Crippen LogP contribution in [0, 0.1) is 6.92 Å². The number of aromatic nitrogens is 1. The van der Waals surface area contributed by atoms with Crippen LogP contribution in [0.15, 0.2) is 23.5 Å². The predicted molar refractivity (Wildman–Crippen MR) is 80.3 cm³/mol. The lowest BCUT2D eigenvalue weighted by Crippen LogP contribution is -2.57. The van der Waals surface area contributed by atoms with Crippen molar-refractivity contribution in [3.63, 3.8) is 0 Å². The monoisotopic (exact) mass is 290 g/mol. The van der Waals surface area contributed by atoms with Crippen molar-refractivity contribution in [1.82, 2.24) is 10.3 Å². The lowest BCUT2D eigenvalue weighted by atomic mass is 9.88. The smallest absolute Gasteiger partial charge is 0.253 e. The quantitative estimate of drug-likeness (QED) is 0.260. The molecule has 1 amide bonds. The van der Waals surface area contributed by atoms with Crippen molar-refractivity contribution in [2.75, 3.05) is 0 Å². The Kier molecular flexibility index (Phi) is 4.77. The zero-order chi connectivity index (χ0) is 15.3. The molecule has 0 aliphatic heterocycles. The van der Waals surface area contributed by atoms with E-state index in [1.54, 1.807) is 18.3 Å². The molecule has 0 aromatic carbocycles. The van der Waals surface area contributed by atoms with Crippen LogP contribution in [-0.4, -0.2) is 27.5 Å². The van der Waals surface area contributed by atoms with Crippen LogP contribution in [-0.2, 0) is 0 Å². The van der Waals surface area contributed by atoms with Gasteiger partial charge in [0.25, 0.3) is 5.91 Å². The normalized spacial score (nSPS) is 18.8. The largest absolute Gasteiger partial charge is 0.409 e. The molecule has 0 saturated heterocycles. The third kappa shape index (κ3) is 3.51. The van der Waals surface area contributed by atoms with Gasteiger partial charge < -0.3 is 16.3 Å². The van der Waals surface area contributed by atoms with Crippen molar-refractivity contribution in [2.45, 2.75) is 51.0 Å². The van der Waals surface area contributed by atoms with E-state index in [1.807, 2.05) is 6.92 Å². The molecule has 114 valence electrons. The lowest BCUT2D eigenvalue weighted by molar-refractivity contribution is 0.0915. The molecular formula is C15H22N4O2. The van der Waals surface area contributed by atoms with Crippen LogP contribution in [0.3, 0.4) is 0 Å². The van der Waals surface area contributed by atoms with Crippen molar-refractivity contribution in [3.05, 3.63) is 29.6 Å². The molecular weight excluding hydrogens is 268 g/mol. The Labute approximate surface area is 124 Å². The predicted octanol–water partition coefficient (Wildman–Crippen LogP) is 1.96. The Morgan fingerprint density at radius 2 is 2.00 bits per heavy atom. The summed E-state index contributed by atoms with van der Waals surface area (Å²) >= 11 is 0. The molecule has 2 rings (SSSR count). The van der Waals surface area contributed by atoms with Crippen molar-refractivity contribution >= 4 is 11.7 Å². The van der Waals surface area contributed by atoms with E-state index in [1.165, 1.54) is 0 Å². The molecule has 1 aliphatic carbocycles. The molecule has 4 N–H and O–H groups in total. The van der Waals surface area contributed by atoms with Gasteiger partial charge in [-0.05, 0) is 31.9 Å². The first-order chi connectivity index (χ1) is 10.1. The minimum atomic E-state index is -0.757. The summed E-state index contributed by atoms with van der Waals surface area (Å²) in [5.74, 6) is -0.158. The summed E-state index contributed by atoms with van der Waals surface area (Å²) in [5, 5.41) is 15.2. The van der Waals surface area contributed by atoms with Gasteiger partial charge in [-0.2, -0.15) is 0 Å². The zero-order valence-electron chi connectivity index (χ0n) is 12.3. The molecule has 6 nitrogen and oxygen atoms in total. The highest BCUT2D eigenvalue weighted by atomic mass is 16.4. The number of hydrogen-bond acceptors (Lipinski definition) is 4. The highest BCUT2D eigenvalue weighted by molar-refractivity contribution is 6.00. The van der Waals surface area contributed by atoms with Crippen LogP contribution < -0.4 is 11.1 Å². The Morgan fingerprint density at radius 3 is 2.52 bits per heavy atom. The third-order valence-corrected chi connectivity index (χ3v) is 4.08. The molecule has 0 atom stereocenters. The zero-order valence-corrected chi connectivity index (χ0v) is 12.3. The molecule has 6 heteroatoms. The Morgan fingerprint density at radius 1 is 1.33 bits per heavy atom. The molecule has 1 fully saturated rings. The number of carbonyl (C=O) groups is 1. The number of rotatable bonds is 3. The fourth-order valence-corrected chi connectivity index (χ4v) is 2.76. The van der Waals surface area contributed by atoms with Gasteiger partial charge in [0, 0.05) is 11.9 Å². The van der Waals surface area contributed by atoms with Gasteiger partial charge in [0.15, 0.2) is 5.84 Å². The summed E-state index contributed by atoms with van der Waals surface area (Å²) in [5.41, 5.74) is 6.45. The Bertz CT molecular complexity index is 517. The molecule has 1 aliphatic rings. The lowest BCUT2D eigenvalue weighted by Gasteiger charge is -2.32. The second kappa shape index (κ2) is 6.56. The van der Waals surface area contributed by atoms with Gasteiger partial charge in [-0.15, -0.1) is 0 Å². The molecule has 0 bridgehead atoms. The number of amides is 1. The topological polar surface area (TPSA) is 101 Å². The number of nitrogens with zero attached hydrogens (tertiary/aromatic N) is 2. The number of aryl methyl sites for hydroxylation is 1. The van der Waals surface area contributed by atoms with Crippen LogP contribution in [0.5, 0.6) is 0 Å². The highest BCUT2D eigenvalue weighted by Gasteiger charge is 2.37. The third-order valence-electron chi connectivity index (χ3n) is 4.08. The minimum Gasteiger partial charge on any atom is -0.409 e. The van der Waals surface area contributed by atoms with Gasteiger partial charge in [0.05, 0.1) is 5.56 Å². The average Bonchev–Trinajstić information content (AvgIpc) is 2.73. The van der Waals surface area contributed by atoms with Gasteiger partial charge in [0.1, 0.15) is 5.54 Å². The number of amidine groups is 1. The molecule has 1 aromatic heterocycles. The summed E-state index contributed by atoms with van der Waals surface area (Å²) in [6.07, 6.45) is 7.01. The SMILES string of the molecule is Cc1ccc(C(=O)NC2(/C(N)=N/O)CCCCCC2)cn1. The molecule has 1 saturated carbocycles. The molecule has 1 aromatic rings. The standard InChI is InChI=1S/C15H22N4O2/c1-11-6-7-12(10-17-11)13(20)18-15(14(16)19-21)8-4-2-3-5-9-15/h6-7,10,21H,2-5,8-9H2,1H3,(H2,16,19)(H,18,20). The molecule has 0 radical (unpaired) electrons. The summed E-state index contributed by atoms with van der Waals surface area (Å²) < 4.78 is 0. The summed E-state index contributed by atoms with van der Waals surface area (Å²) in [6.45, 7) is 1.87. The van der Waals surface area contributed by atoms with Crippen LogP contribution in [0.25, 0.3) is 0 Å². The fraction of sp³-hybridized carbons (Fsp3) is 0.533. The second-order valence-electron chi connectivity index (χ2n) is 5.62. The average molecular weight is 290 g/mol. The second-order valence-corrected chi connectivity index (χ2v) is 5.62. The Hall–Kier alpha value is -2.11. The van der Waals surface area contributed by atoms with E-state index in [0.29, 0.717) is 18.4 Å². The maximum atomic E-state index is 12.4. The number of nitrogens with one attached hydrogen (secondary N) is 1. The van der Waals surface area contributed by atoms with Crippen LogP contribution in [0.4, 0.5) is 0 Å². The number of nitrogens with two attached hydrogens (primary N) is 1. The minimum absolute atomic E-state index is 0.0813. The van der Waals surface area contributed by atoms with E-state index in [9.17, 15) is 4.79 Å². The maximum absolute atomic E-state index is 12.4. The fourth-order valence-electron chi connectivity index (χ4n) is 2.76. The summed E-state index contributed by atoms with van der Waals surface area (Å²) in [4.78, 5) is 16.5. The summed E-state index contributed by atoms with van der Waals surface area (Å²) in [6, 6.07) is 3.52. The van der Waals surface area contributed by atoms with E-state index in [2.05, 4.69) is 15.5 Å². The van der Waals surface area contributed by atoms with Gasteiger partial charge >= 0.3 is 0 Å². The van der Waals surface area contributed by atoms with Gasteiger partial charge in [0.2, 0.25) is 0 Å². The first-order valence-electron chi connectivity index (χ1n) is 7.30. The highest BCUT2D eigenvalue weighted by Crippen LogP contribution is 2.28. The number of oxime groups is 1. The van der Waals surface area contributed by atoms with Crippen molar-refractivity contribution in [1.29, 1.82) is 0 Å². The van der Waals surface area contributed by atoms with Crippen LogP contribution >= 0.6 is 0 Å². The summed E-state index contributed by atoms with van der Waals surface area (Å²) in [7, 11) is 0. The first-order valence-corrected chi connectivity index (χ1v) is 7.30. The van der Waals surface area contributed by atoms with Crippen molar-refractivity contribution in [3.8, 4) is 0 Å². The van der Waals surface area contributed by atoms with E-state index in [0.717, 1.165) is 31.4 Å². The Balaban J connectivity index is 2.22. The molecule has 1 heterocycles. The maximum Gasteiger partial charge on any atom is 0.253 e. The van der Waals surface area contributed by atoms with E-state index in [4.69, 9.17) is 10.9 Å². The number of hydrogen-bond donors (Lipinski definition) is 3. The van der Waals surface area contributed by atoms with E-state index >= 15 is 0 Å². The molecule has 0 spiro atoms. The van der Waals surface area contributed by atoms with Crippen LogP contribution in [0.1, 0.15) is 54.6 Å². The number of carbonyl (C=O) groups excluding carboxylic acids is 1. The van der Waals surface area contributed by atoms with Crippen LogP contribution in [0.2, 0.25) is 0 Å². The molecule has 0 unspecified atom stereocenters. The van der Waals surface area contributed by atoms with Gasteiger partial charge in [-0.1, -0.05) is 30.8 Å². The van der Waals surface area contributed by atoms with Crippen molar-refractivity contribution in [2.24, 2.45) is 10.9 Å². The van der Waals surface area contributed by atoms with Gasteiger partial charge in [-0.3, -0.25) is 9.78 Å². The number of pyridine rings is 1. The van der Waals surface area contributed by atoms with Gasteiger partial charge in [-0.25, -0.2) is 0 Å². The first kappa shape index (κ1) is 15.3. The van der Waals surface area contributed by atoms with E-state index < -0.39 is 5.54 Å². The van der Waals surface area contributed by atoms with E-state index in [-0.39, 0.29) is 11.7 Å². The molecule has 21 heavy (non-hydrogen) atoms. The van der Waals surface area contributed by atoms with Crippen molar-refractivity contribution < 1.29 is 10.0 Å².